The smallest absolute Gasteiger partial charge is 0.213 e. The van der Waals surface area contributed by atoms with E-state index in [9.17, 15) is 0 Å². The largest absolute Gasteiger partial charge is 0.494 e. The van der Waals surface area contributed by atoms with Crippen molar-refractivity contribution >= 4 is 5.69 Å². The molecule has 0 aliphatic heterocycles. The van der Waals surface area contributed by atoms with Crippen molar-refractivity contribution in [3.05, 3.63) is 48.2 Å². The molecular weight excluding hydrogens is 240 g/mol. The van der Waals surface area contributed by atoms with Crippen LogP contribution in [0.5, 0.6) is 11.6 Å². The molecule has 1 aromatic carbocycles. The summed E-state index contributed by atoms with van der Waals surface area (Å²) in [5.41, 5.74) is 2.16. The standard InChI is InChI=1S/C15H18N2O2/c1-3-19-14-7-4-12(5-8-14)10-16-13-6-9-15(18-2)17-11-13/h4-9,11,16H,3,10H2,1-2H3. The fourth-order valence-electron chi connectivity index (χ4n) is 1.68. The summed E-state index contributed by atoms with van der Waals surface area (Å²) in [6, 6.07) is 11.8. The van der Waals surface area contributed by atoms with Crippen molar-refractivity contribution in [3.63, 3.8) is 0 Å². The van der Waals surface area contributed by atoms with E-state index in [4.69, 9.17) is 9.47 Å². The lowest BCUT2D eigenvalue weighted by Crippen LogP contribution is -2.00. The third-order valence-corrected chi connectivity index (χ3v) is 2.68. The molecule has 0 saturated heterocycles. The number of ether oxygens (including phenoxy) is 2. The molecule has 1 heterocycles. The van der Waals surface area contributed by atoms with Crippen molar-refractivity contribution in [2.75, 3.05) is 19.0 Å². The van der Waals surface area contributed by atoms with E-state index in [1.165, 1.54) is 5.56 Å². The Morgan fingerprint density at radius 1 is 1.11 bits per heavy atom. The molecular formula is C15H18N2O2. The van der Waals surface area contributed by atoms with Gasteiger partial charge < -0.3 is 14.8 Å². The zero-order valence-corrected chi connectivity index (χ0v) is 11.2. The first-order valence-electron chi connectivity index (χ1n) is 6.27. The molecule has 19 heavy (non-hydrogen) atoms. The van der Waals surface area contributed by atoms with E-state index in [1.54, 1.807) is 13.3 Å². The number of nitrogens with zero attached hydrogens (tertiary/aromatic N) is 1. The van der Waals surface area contributed by atoms with Crippen LogP contribution in [-0.4, -0.2) is 18.7 Å². The summed E-state index contributed by atoms with van der Waals surface area (Å²) in [6.07, 6.45) is 1.76. The molecule has 0 spiro atoms. The van der Waals surface area contributed by atoms with Crippen LogP contribution in [0.2, 0.25) is 0 Å². The van der Waals surface area contributed by atoms with Gasteiger partial charge in [0.2, 0.25) is 5.88 Å². The predicted octanol–water partition coefficient (Wildman–Crippen LogP) is 3.10. The van der Waals surface area contributed by atoms with Crippen LogP contribution in [0.15, 0.2) is 42.6 Å². The van der Waals surface area contributed by atoms with Gasteiger partial charge in [-0.1, -0.05) is 12.1 Å². The molecule has 0 saturated carbocycles. The first-order chi connectivity index (χ1) is 9.31. The van der Waals surface area contributed by atoms with Gasteiger partial charge in [-0.25, -0.2) is 4.98 Å². The zero-order chi connectivity index (χ0) is 13.5. The Balaban J connectivity index is 1.90. The van der Waals surface area contributed by atoms with E-state index in [-0.39, 0.29) is 0 Å². The SMILES string of the molecule is CCOc1ccc(CNc2ccc(OC)nc2)cc1. The summed E-state index contributed by atoms with van der Waals surface area (Å²) in [4.78, 5) is 4.14. The monoisotopic (exact) mass is 258 g/mol. The van der Waals surface area contributed by atoms with Gasteiger partial charge in [0.05, 0.1) is 25.6 Å². The van der Waals surface area contributed by atoms with E-state index >= 15 is 0 Å². The maximum absolute atomic E-state index is 5.40. The third kappa shape index (κ3) is 3.88. The highest BCUT2D eigenvalue weighted by Crippen LogP contribution is 2.15. The molecule has 0 amide bonds. The number of nitrogens with one attached hydrogen (secondary N) is 1. The minimum absolute atomic E-state index is 0.617. The average Bonchev–Trinajstić information content (AvgIpc) is 2.47. The Hall–Kier alpha value is -2.23. The lowest BCUT2D eigenvalue weighted by molar-refractivity contribution is 0.340. The summed E-state index contributed by atoms with van der Waals surface area (Å²) in [6.45, 7) is 3.42. The summed E-state index contributed by atoms with van der Waals surface area (Å²) in [5.74, 6) is 1.52. The zero-order valence-electron chi connectivity index (χ0n) is 11.2. The quantitative estimate of drug-likeness (QED) is 0.864. The van der Waals surface area contributed by atoms with Gasteiger partial charge in [0.15, 0.2) is 0 Å². The molecule has 1 N–H and O–H groups in total. The molecule has 0 aliphatic carbocycles. The molecule has 4 heteroatoms. The van der Waals surface area contributed by atoms with Gasteiger partial charge in [0.25, 0.3) is 0 Å². The molecule has 0 aliphatic rings. The van der Waals surface area contributed by atoms with Crippen LogP contribution in [0.25, 0.3) is 0 Å². The second-order valence-electron chi connectivity index (χ2n) is 4.02. The fourth-order valence-corrected chi connectivity index (χ4v) is 1.68. The maximum Gasteiger partial charge on any atom is 0.213 e. The highest BCUT2D eigenvalue weighted by molar-refractivity contribution is 5.43. The molecule has 2 rings (SSSR count). The lowest BCUT2D eigenvalue weighted by Gasteiger charge is -2.08. The topological polar surface area (TPSA) is 43.4 Å². The van der Waals surface area contributed by atoms with Crippen molar-refractivity contribution in [2.45, 2.75) is 13.5 Å². The molecule has 0 bridgehead atoms. The van der Waals surface area contributed by atoms with Gasteiger partial charge in [-0.05, 0) is 30.7 Å². The molecule has 1 aromatic heterocycles. The van der Waals surface area contributed by atoms with E-state index < -0.39 is 0 Å². The predicted molar refractivity (Wildman–Crippen MR) is 75.7 cm³/mol. The van der Waals surface area contributed by atoms with Gasteiger partial charge in [-0.3, -0.25) is 0 Å². The van der Waals surface area contributed by atoms with Crippen LogP contribution in [0, 0.1) is 0 Å². The van der Waals surface area contributed by atoms with E-state index in [0.717, 1.165) is 18.0 Å². The van der Waals surface area contributed by atoms with E-state index in [2.05, 4.69) is 22.4 Å². The number of hydrogen-bond donors (Lipinski definition) is 1. The minimum Gasteiger partial charge on any atom is -0.494 e. The van der Waals surface area contributed by atoms with Crippen LogP contribution in [0.4, 0.5) is 5.69 Å². The average molecular weight is 258 g/mol. The van der Waals surface area contributed by atoms with Crippen LogP contribution in [-0.2, 0) is 6.54 Å². The van der Waals surface area contributed by atoms with E-state index in [1.807, 2.05) is 31.2 Å². The number of methoxy groups -OCH3 is 1. The van der Waals surface area contributed by atoms with Crippen molar-refractivity contribution < 1.29 is 9.47 Å². The van der Waals surface area contributed by atoms with Crippen molar-refractivity contribution in [1.82, 2.24) is 4.98 Å². The number of hydrogen-bond acceptors (Lipinski definition) is 4. The summed E-state index contributed by atoms with van der Waals surface area (Å²) < 4.78 is 10.4. The molecule has 2 aromatic rings. The summed E-state index contributed by atoms with van der Waals surface area (Å²) >= 11 is 0. The number of pyridine rings is 1. The molecule has 0 fully saturated rings. The maximum atomic E-state index is 5.40. The Labute approximate surface area is 113 Å². The normalized spacial score (nSPS) is 10.0. The molecule has 0 radical (unpaired) electrons. The third-order valence-electron chi connectivity index (χ3n) is 2.68. The highest BCUT2D eigenvalue weighted by Gasteiger charge is 1.97. The van der Waals surface area contributed by atoms with Gasteiger partial charge >= 0.3 is 0 Å². The molecule has 4 nitrogen and oxygen atoms in total. The lowest BCUT2D eigenvalue weighted by atomic mass is 10.2. The first kappa shape index (κ1) is 13.2. The molecule has 0 unspecified atom stereocenters. The van der Waals surface area contributed by atoms with Gasteiger partial charge in [-0.15, -0.1) is 0 Å². The fraction of sp³-hybridized carbons (Fsp3) is 0.267. The van der Waals surface area contributed by atoms with Gasteiger partial charge in [0.1, 0.15) is 5.75 Å². The van der Waals surface area contributed by atoms with Gasteiger partial charge in [-0.2, -0.15) is 0 Å². The summed E-state index contributed by atoms with van der Waals surface area (Å²) in [5, 5.41) is 3.30. The minimum atomic E-state index is 0.617. The molecule has 100 valence electrons. The van der Waals surface area contributed by atoms with Crippen LogP contribution in [0.3, 0.4) is 0 Å². The Morgan fingerprint density at radius 3 is 2.47 bits per heavy atom. The Kier molecular flexibility index (Phi) is 4.61. The second kappa shape index (κ2) is 6.64. The number of anilines is 1. The molecule has 0 atom stereocenters. The van der Waals surface area contributed by atoms with Crippen molar-refractivity contribution in [1.29, 1.82) is 0 Å². The Bertz CT molecular complexity index is 495. The van der Waals surface area contributed by atoms with E-state index in [0.29, 0.717) is 12.5 Å². The van der Waals surface area contributed by atoms with Crippen molar-refractivity contribution in [3.8, 4) is 11.6 Å². The summed E-state index contributed by atoms with van der Waals surface area (Å²) in [7, 11) is 1.61. The van der Waals surface area contributed by atoms with Gasteiger partial charge in [0, 0.05) is 12.6 Å². The van der Waals surface area contributed by atoms with Crippen LogP contribution in [0.1, 0.15) is 12.5 Å². The number of aromatic nitrogens is 1. The second-order valence-corrected chi connectivity index (χ2v) is 4.02. The van der Waals surface area contributed by atoms with Crippen molar-refractivity contribution in [2.24, 2.45) is 0 Å². The first-order valence-corrected chi connectivity index (χ1v) is 6.27. The Morgan fingerprint density at radius 2 is 1.89 bits per heavy atom. The number of rotatable bonds is 6. The highest BCUT2D eigenvalue weighted by atomic mass is 16.5. The number of benzene rings is 1. The van der Waals surface area contributed by atoms with Crippen LogP contribution >= 0.6 is 0 Å². The van der Waals surface area contributed by atoms with Crippen LogP contribution < -0.4 is 14.8 Å².